The largest absolute Gasteiger partial charge is 0.115 e. The number of halogens is 2. The third kappa shape index (κ3) is 1.99. The average Bonchev–Trinajstić information content (AvgIpc) is 1.85. The lowest BCUT2D eigenvalue weighted by Gasteiger charge is -1.93. The Morgan fingerprint density at radius 2 is 2.10 bits per heavy atom. The number of rotatable bonds is 0. The first-order valence-electron chi connectivity index (χ1n) is 2.65. The Morgan fingerprint density at radius 3 is 2.60 bits per heavy atom. The van der Waals surface area contributed by atoms with E-state index in [1.165, 1.54) is 0 Å². The van der Waals surface area contributed by atoms with Gasteiger partial charge in [-0.15, -0.1) is 6.42 Å². The van der Waals surface area contributed by atoms with Crippen molar-refractivity contribution in [2.24, 2.45) is 0 Å². The van der Waals surface area contributed by atoms with Gasteiger partial charge in [-0.1, -0.05) is 21.9 Å². The van der Waals surface area contributed by atoms with Crippen molar-refractivity contribution in [3.63, 3.8) is 0 Å². The van der Waals surface area contributed by atoms with Crippen molar-refractivity contribution in [1.82, 2.24) is 0 Å². The normalized spacial score (nSPS) is 8.90. The van der Waals surface area contributed by atoms with Crippen molar-refractivity contribution in [3.8, 4) is 12.3 Å². The van der Waals surface area contributed by atoms with E-state index in [0.29, 0.717) is 0 Å². The van der Waals surface area contributed by atoms with Gasteiger partial charge in [0.1, 0.15) is 0 Å². The van der Waals surface area contributed by atoms with Crippen LogP contribution in [0.4, 0.5) is 0 Å². The molecule has 0 radical (unpaired) electrons. The fraction of sp³-hybridized carbons (Fsp3) is 0. The lowest BCUT2D eigenvalue weighted by atomic mass is 10.2. The molecule has 0 bridgehead atoms. The maximum Gasteiger partial charge on any atom is 0.0264 e. The molecule has 0 N–H and O–H groups in total. The fourth-order valence-corrected chi connectivity index (χ4v) is 2.23. The van der Waals surface area contributed by atoms with Crippen LogP contribution in [0.15, 0.2) is 22.7 Å². The van der Waals surface area contributed by atoms with Crippen LogP contribution in [0.5, 0.6) is 0 Å². The van der Waals surface area contributed by atoms with Gasteiger partial charge in [0, 0.05) is 13.6 Å². The number of hydrogen-bond acceptors (Lipinski definition) is 0. The zero-order chi connectivity index (χ0) is 7.56. The predicted octanol–water partition coefficient (Wildman–Crippen LogP) is 3.04. The third-order valence-electron chi connectivity index (χ3n) is 1.03. The highest BCUT2D eigenvalue weighted by Gasteiger charge is 1.92. The van der Waals surface area contributed by atoms with Gasteiger partial charge < -0.3 is 0 Å². The van der Waals surface area contributed by atoms with Gasteiger partial charge in [-0.2, -0.15) is 0 Å². The molecular formula is C8H4BrI. The molecule has 0 nitrogen and oxygen atoms in total. The second-order valence-electron chi connectivity index (χ2n) is 1.80. The standard InChI is InChI=1S/C8H4BrI/c1-2-6-3-7(9)5-8(10)4-6/h1,3-5H. The molecule has 10 heavy (non-hydrogen) atoms. The monoisotopic (exact) mass is 306 g/mol. The maximum absolute atomic E-state index is 5.21. The first-order chi connectivity index (χ1) is 4.72. The summed E-state index contributed by atoms with van der Waals surface area (Å²) in [5, 5.41) is 0. The topological polar surface area (TPSA) is 0 Å². The highest BCUT2D eigenvalue weighted by atomic mass is 127. The maximum atomic E-state index is 5.21. The highest BCUT2D eigenvalue weighted by Crippen LogP contribution is 2.16. The van der Waals surface area contributed by atoms with E-state index in [0.717, 1.165) is 13.6 Å². The van der Waals surface area contributed by atoms with Crippen molar-refractivity contribution >= 4 is 38.5 Å². The first kappa shape index (κ1) is 8.09. The molecule has 50 valence electrons. The Bertz CT molecular complexity index is 266. The summed E-state index contributed by atoms with van der Waals surface area (Å²) in [7, 11) is 0. The van der Waals surface area contributed by atoms with Gasteiger partial charge in [0.2, 0.25) is 0 Å². The second-order valence-corrected chi connectivity index (χ2v) is 3.96. The van der Waals surface area contributed by atoms with E-state index in [1.54, 1.807) is 0 Å². The fourth-order valence-electron chi connectivity index (χ4n) is 0.637. The van der Waals surface area contributed by atoms with Crippen LogP contribution >= 0.6 is 38.5 Å². The minimum Gasteiger partial charge on any atom is -0.115 e. The smallest absolute Gasteiger partial charge is 0.0264 e. The van der Waals surface area contributed by atoms with E-state index < -0.39 is 0 Å². The molecule has 1 aromatic rings. The molecule has 0 aliphatic heterocycles. The molecule has 0 saturated heterocycles. The molecule has 0 saturated carbocycles. The van der Waals surface area contributed by atoms with Gasteiger partial charge >= 0.3 is 0 Å². The van der Waals surface area contributed by atoms with Gasteiger partial charge in [-0.05, 0) is 40.8 Å². The van der Waals surface area contributed by atoms with Crippen LogP contribution in [0.3, 0.4) is 0 Å². The lowest BCUT2D eigenvalue weighted by Crippen LogP contribution is -1.76. The van der Waals surface area contributed by atoms with Gasteiger partial charge in [0.25, 0.3) is 0 Å². The quantitative estimate of drug-likeness (QED) is 0.510. The van der Waals surface area contributed by atoms with Crippen molar-refractivity contribution in [3.05, 3.63) is 31.8 Å². The zero-order valence-corrected chi connectivity index (χ0v) is 8.81. The van der Waals surface area contributed by atoms with E-state index in [1.807, 2.05) is 18.2 Å². The molecule has 0 amide bonds. The molecule has 0 aromatic heterocycles. The average molecular weight is 307 g/mol. The molecule has 0 aliphatic carbocycles. The molecule has 0 fully saturated rings. The van der Waals surface area contributed by atoms with Gasteiger partial charge in [0.05, 0.1) is 0 Å². The lowest BCUT2D eigenvalue weighted by molar-refractivity contribution is 1.56. The summed E-state index contributed by atoms with van der Waals surface area (Å²) >= 11 is 5.58. The molecule has 0 heterocycles. The van der Waals surface area contributed by atoms with E-state index in [2.05, 4.69) is 44.4 Å². The van der Waals surface area contributed by atoms with Crippen LogP contribution in [0.25, 0.3) is 0 Å². The Kier molecular flexibility index (Phi) is 2.75. The minimum atomic E-state index is 0.916. The van der Waals surface area contributed by atoms with Crippen LogP contribution in [0.2, 0.25) is 0 Å². The number of benzene rings is 1. The van der Waals surface area contributed by atoms with Gasteiger partial charge in [-0.3, -0.25) is 0 Å². The molecule has 0 unspecified atom stereocenters. The Balaban J connectivity index is 3.22. The SMILES string of the molecule is C#Cc1cc(Br)cc(I)c1. The molecule has 1 rings (SSSR count). The summed E-state index contributed by atoms with van der Waals surface area (Å²) in [5.41, 5.74) is 0.916. The highest BCUT2D eigenvalue weighted by molar-refractivity contribution is 14.1. The minimum absolute atomic E-state index is 0.916. The van der Waals surface area contributed by atoms with Crippen LogP contribution in [0, 0.1) is 15.9 Å². The van der Waals surface area contributed by atoms with Crippen LogP contribution in [-0.2, 0) is 0 Å². The molecule has 0 atom stereocenters. The second kappa shape index (κ2) is 3.40. The van der Waals surface area contributed by atoms with Crippen molar-refractivity contribution in [2.45, 2.75) is 0 Å². The van der Waals surface area contributed by atoms with Crippen molar-refractivity contribution in [2.75, 3.05) is 0 Å². The van der Waals surface area contributed by atoms with Crippen molar-refractivity contribution < 1.29 is 0 Å². The Morgan fingerprint density at radius 1 is 1.40 bits per heavy atom. The molecular weight excluding hydrogens is 303 g/mol. The number of hydrogen-bond donors (Lipinski definition) is 0. The molecule has 1 aromatic carbocycles. The van der Waals surface area contributed by atoms with Crippen LogP contribution < -0.4 is 0 Å². The summed E-state index contributed by atoms with van der Waals surface area (Å²) in [4.78, 5) is 0. The summed E-state index contributed by atoms with van der Waals surface area (Å²) in [6.45, 7) is 0. The Hall–Kier alpha value is -0.0100. The Labute approximate surface area is 82.3 Å². The molecule has 2 heteroatoms. The predicted molar refractivity (Wildman–Crippen MR) is 54.8 cm³/mol. The van der Waals surface area contributed by atoms with Crippen molar-refractivity contribution in [1.29, 1.82) is 0 Å². The summed E-state index contributed by atoms with van der Waals surface area (Å²) in [6.07, 6.45) is 5.21. The summed E-state index contributed by atoms with van der Waals surface area (Å²) < 4.78 is 2.19. The number of terminal acetylenes is 1. The van der Waals surface area contributed by atoms with E-state index in [-0.39, 0.29) is 0 Å². The summed E-state index contributed by atoms with van der Waals surface area (Å²) in [5.74, 6) is 2.57. The van der Waals surface area contributed by atoms with Gasteiger partial charge in [0.15, 0.2) is 0 Å². The molecule has 0 aliphatic rings. The van der Waals surface area contributed by atoms with E-state index >= 15 is 0 Å². The van der Waals surface area contributed by atoms with E-state index in [9.17, 15) is 0 Å². The van der Waals surface area contributed by atoms with E-state index in [4.69, 9.17) is 6.42 Å². The molecule has 0 spiro atoms. The van der Waals surface area contributed by atoms with Crippen LogP contribution in [0.1, 0.15) is 5.56 Å². The zero-order valence-electron chi connectivity index (χ0n) is 5.07. The third-order valence-corrected chi connectivity index (χ3v) is 2.11. The van der Waals surface area contributed by atoms with Crippen LogP contribution in [-0.4, -0.2) is 0 Å². The first-order valence-corrected chi connectivity index (χ1v) is 4.52. The van der Waals surface area contributed by atoms with Gasteiger partial charge in [-0.25, -0.2) is 0 Å². The summed E-state index contributed by atoms with van der Waals surface area (Å²) in [6, 6.07) is 5.90.